The molecule has 0 spiro atoms. The van der Waals surface area contributed by atoms with Gasteiger partial charge in [-0.3, -0.25) is 9.78 Å². The number of nitrogens with two attached hydrogens (primary N) is 1. The van der Waals surface area contributed by atoms with Crippen molar-refractivity contribution in [3.05, 3.63) is 29.6 Å². The summed E-state index contributed by atoms with van der Waals surface area (Å²) < 4.78 is 5.11. The first-order chi connectivity index (χ1) is 9.58. The van der Waals surface area contributed by atoms with Crippen LogP contribution in [0.3, 0.4) is 0 Å². The molecule has 0 aliphatic heterocycles. The molecule has 0 radical (unpaired) electrons. The second-order valence-corrected chi connectivity index (χ2v) is 4.75. The maximum Gasteiger partial charge on any atom is 0.253 e. The minimum atomic E-state index is -0.176. The number of hydrogen-bond acceptors (Lipinski definition) is 4. The van der Waals surface area contributed by atoms with E-state index in [2.05, 4.69) is 22.1 Å². The molecular formula is C15H21N3O2. The van der Waals surface area contributed by atoms with Gasteiger partial charge in [-0.1, -0.05) is 25.7 Å². The molecule has 0 aromatic carbocycles. The van der Waals surface area contributed by atoms with E-state index >= 15 is 0 Å². The van der Waals surface area contributed by atoms with E-state index in [0.29, 0.717) is 17.7 Å². The number of nitrogens with one attached hydrogen (secondary N) is 1. The van der Waals surface area contributed by atoms with Gasteiger partial charge in [0.15, 0.2) is 0 Å². The van der Waals surface area contributed by atoms with E-state index in [0.717, 1.165) is 0 Å². The normalized spacial score (nSPS) is 11.7. The maximum absolute atomic E-state index is 12.2. The number of rotatable bonds is 5. The van der Waals surface area contributed by atoms with Crippen molar-refractivity contribution in [1.29, 1.82) is 0 Å². The molecule has 0 saturated carbocycles. The second-order valence-electron chi connectivity index (χ2n) is 4.75. The summed E-state index contributed by atoms with van der Waals surface area (Å²) in [5, 5.41) is 2.94. The van der Waals surface area contributed by atoms with Crippen molar-refractivity contribution in [2.45, 2.75) is 19.9 Å². The van der Waals surface area contributed by atoms with Crippen LogP contribution in [0, 0.1) is 17.8 Å². The van der Waals surface area contributed by atoms with Gasteiger partial charge in [0.05, 0.1) is 24.8 Å². The summed E-state index contributed by atoms with van der Waals surface area (Å²) in [6.07, 6.45) is 3.13. The third kappa shape index (κ3) is 5.00. The molecular weight excluding hydrogens is 254 g/mol. The zero-order valence-corrected chi connectivity index (χ0v) is 12.1. The average molecular weight is 275 g/mol. The number of ether oxygens (including phenoxy) is 1. The standard InChI is InChI=1S/C15H21N3O2/c1-11(2)14(10-20-3)18-15(19)13-7-12(5-4-6-16)8-17-9-13/h7-9,11,14H,6,10,16H2,1-3H3,(H,18,19). The van der Waals surface area contributed by atoms with Gasteiger partial charge in [0.1, 0.15) is 0 Å². The van der Waals surface area contributed by atoms with Crippen LogP contribution >= 0.6 is 0 Å². The number of hydrogen-bond donors (Lipinski definition) is 2. The van der Waals surface area contributed by atoms with Crippen molar-refractivity contribution in [3.8, 4) is 11.8 Å². The third-order valence-electron chi connectivity index (χ3n) is 2.80. The lowest BCUT2D eigenvalue weighted by Crippen LogP contribution is -2.41. The highest BCUT2D eigenvalue weighted by Gasteiger charge is 2.17. The summed E-state index contributed by atoms with van der Waals surface area (Å²) in [7, 11) is 1.62. The lowest BCUT2D eigenvalue weighted by molar-refractivity contribution is 0.0866. The minimum Gasteiger partial charge on any atom is -0.383 e. The van der Waals surface area contributed by atoms with Crippen molar-refractivity contribution < 1.29 is 9.53 Å². The summed E-state index contributed by atoms with van der Waals surface area (Å²) >= 11 is 0. The van der Waals surface area contributed by atoms with Crippen LogP contribution in [-0.4, -0.2) is 37.2 Å². The van der Waals surface area contributed by atoms with Crippen LogP contribution in [0.15, 0.2) is 18.5 Å². The van der Waals surface area contributed by atoms with E-state index in [9.17, 15) is 4.79 Å². The molecule has 1 amide bonds. The van der Waals surface area contributed by atoms with Crippen molar-refractivity contribution in [3.63, 3.8) is 0 Å². The Hall–Kier alpha value is -1.90. The van der Waals surface area contributed by atoms with Gasteiger partial charge in [-0.25, -0.2) is 0 Å². The number of aromatic nitrogens is 1. The van der Waals surface area contributed by atoms with Crippen molar-refractivity contribution in [1.82, 2.24) is 10.3 Å². The summed E-state index contributed by atoms with van der Waals surface area (Å²) in [4.78, 5) is 16.2. The molecule has 1 rings (SSSR count). The number of nitrogens with zero attached hydrogens (tertiary/aromatic N) is 1. The molecule has 20 heavy (non-hydrogen) atoms. The molecule has 0 saturated heterocycles. The summed E-state index contributed by atoms with van der Waals surface area (Å²) in [5.74, 6) is 5.70. The summed E-state index contributed by atoms with van der Waals surface area (Å²) in [5.41, 5.74) is 6.48. The first-order valence-corrected chi connectivity index (χ1v) is 6.52. The van der Waals surface area contributed by atoms with Gasteiger partial charge < -0.3 is 15.8 Å². The Morgan fingerprint density at radius 2 is 2.25 bits per heavy atom. The Morgan fingerprint density at radius 3 is 2.85 bits per heavy atom. The molecule has 1 unspecified atom stereocenters. The molecule has 108 valence electrons. The van der Waals surface area contributed by atoms with E-state index < -0.39 is 0 Å². The van der Waals surface area contributed by atoms with Crippen LogP contribution in [0.1, 0.15) is 29.8 Å². The smallest absolute Gasteiger partial charge is 0.253 e. The molecule has 1 aromatic rings. The monoisotopic (exact) mass is 275 g/mol. The van der Waals surface area contributed by atoms with Gasteiger partial charge >= 0.3 is 0 Å². The molecule has 0 fully saturated rings. The third-order valence-corrected chi connectivity index (χ3v) is 2.80. The molecule has 5 heteroatoms. The van der Waals surface area contributed by atoms with Crippen LogP contribution in [0.5, 0.6) is 0 Å². The maximum atomic E-state index is 12.2. The largest absolute Gasteiger partial charge is 0.383 e. The van der Waals surface area contributed by atoms with Crippen molar-refractivity contribution in [2.75, 3.05) is 20.3 Å². The van der Waals surface area contributed by atoms with Crippen LogP contribution < -0.4 is 11.1 Å². The van der Waals surface area contributed by atoms with Crippen LogP contribution in [-0.2, 0) is 4.74 Å². The molecule has 1 atom stereocenters. The fourth-order valence-electron chi connectivity index (χ4n) is 1.62. The van der Waals surface area contributed by atoms with E-state index in [-0.39, 0.29) is 24.4 Å². The first kappa shape index (κ1) is 16.2. The Kier molecular flexibility index (Phi) is 6.71. The van der Waals surface area contributed by atoms with E-state index in [1.54, 1.807) is 19.4 Å². The Morgan fingerprint density at radius 1 is 1.50 bits per heavy atom. The number of carbonyl (C=O) groups is 1. The highest BCUT2D eigenvalue weighted by molar-refractivity contribution is 5.94. The quantitative estimate of drug-likeness (QED) is 0.779. The highest BCUT2D eigenvalue weighted by Crippen LogP contribution is 2.06. The fraction of sp³-hybridized carbons (Fsp3) is 0.467. The van der Waals surface area contributed by atoms with Gasteiger partial charge in [-0.2, -0.15) is 0 Å². The van der Waals surface area contributed by atoms with Crippen LogP contribution in [0.25, 0.3) is 0 Å². The lowest BCUT2D eigenvalue weighted by Gasteiger charge is -2.21. The number of amides is 1. The predicted octanol–water partition coefficient (Wildman–Crippen LogP) is 0.793. The highest BCUT2D eigenvalue weighted by atomic mass is 16.5. The molecule has 3 N–H and O–H groups in total. The van der Waals surface area contributed by atoms with Gasteiger partial charge in [0.2, 0.25) is 0 Å². The van der Waals surface area contributed by atoms with E-state index in [1.165, 1.54) is 6.20 Å². The Bertz CT molecular complexity index is 503. The molecule has 1 aromatic heterocycles. The molecule has 5 nitrogen and oxygen atoms in total. The average Bonchev–Trinajstić information content (AvgIpc) is 2.44. The minimum absolute atomic E-state index is 0.0358. The van der Waals surface area contributed by atoms with Crippen LogP contribution in [0.2, 0.25) is 0 Å². The summed E-state index contributed by atoms with van der Waals surface area (Å²) in [6.45, 7) is 4.82. The lowest BCUT2D eigenvalue weighted by atomic mass is 10.0. The number of carbonyl (C=O) groups excluding carboxylic acids is 1. The molecule has 0 aliphatic rings. The Labute approximate surface area is 119 Å². The van der Waals surface area contributed by atoms with Crippen molar-refractivity contribution in [2.24, 2.45) is 11.7 Å². The zero-order valence-electron chi connectivity index (χ0n) is 12.1. The fourth-order valence-corrected chi connectivity index (χ4v) is 1.62. The van der Waals surface area contributed by atoms with Crippen molar-refractivity contribution >= 4 is 5.91 Å². The molecule has 0 bridgehead atoms. The van der Waals surface area contributed by atoms with E-state index in [4.69, 9.17) is 10.5 Å². The number of pyridine rings is 1. The van der Waals surface area contributed by atoms with Gasteiger partial charge in [-0.05, 0) is 12.0 Å². The van der Waals surface area contributed by atoms with Gasteiger partial charge in [0, 0.05) is 25.1 Å². The topological polar surface area (TPSA) is 77.2 Å². The summed E-state index contributed by atoms with van der Waals surface area (Å²) in [6, 6.07) is 1.67. The molecule has 0 aliphatic carbocycles. The molecule has 1 heterocycles. The Balaban J connectivity index is 2.81. The van der Waals surface area contributed by atoms with Crippen LogP contribution in [0.4, 0.5) is 0 Å². The van der Waals surface area contributed by atoms with Gasteiger partial charge in [-0.15, -0.1) is 0 Å². The number of methoxy groups -OCH3 is 1. The van der Waals surface area contributed by atoms with E-state index in [1.807, 2.05) is 13.8 Å². The zero-order chi connectivity index (χ0) is 15.0. The predicted molar refractivity (Wildman–Crippen MR) is 78.1 cm³/mol. The second kappa shape index (κ2) is 8.31. The SMILES string of the molecule is COCC(NC(=O)c1cncc(C#CCN)c1)C(C)C. The van der Waals surface area contributed by atoms with Gasteiger partial charge in [0.25, 0.3) is 5.91 Å². The first-order valence-electron chi connectivity index (χ1n) is 6.52.